The van der Waals surface area contributed by atoms with Gasteiger partial charge in [0.25, 0.3) is 15.9 Å². The van der Waals surface area contributed by atoms with Crippen molar-refractivity contribution in [3.05, 3.63) is 120 Å². The van der Waals surface area contributed by atoms with E-state index in [1.165, 1.54) is 41.3 Å². The topological polar surface area (TPSA) is 114 Å². The van der Waals surface area contributed by atoms with Crippen LogP contribution in [0.25, 0.3) is 0 Å². The van der Waals surface area contributed by atoms with Gasteiger partial charge in [-0.2, -0.15) is 0 Å². The molecule has 0 aliphatic rings. The molecule has 2 N–H and O–H groups in total. The first-order valence-electron chi connectivity index (χ1n) is 14.4. The zero-order valence-corrected chi connectivity index (χ0v) is 25.9. The third-order valence-electron chi connectivity index (χ3n) is 6.93. The molecule has 4 aromatic rings. The van der Waals surface area contributed by atoms with Crippen molar-refractivity contribution in [3.63, 3.8) is 0 Å². The molecular weight excluding hydrogens is 597 g/mol. The number of amides is 2. The lowest BCUT2D eigenvalue weighted by molar-refractivity contribution is -0.142. The normalized spacial score (nSPS) is 11.7. The number of benzene rings is 4. The van der Waals surface area contributed by atoms with E-state index in [1.807, 2.05) is 49.4 Å². The predicted octanol–water partition coefficient (Wildman–Crippen LogP) is 5.18. The van der Waals surface area contributed by atoms with E-state index in [1.54, 1.807) is 19.2 Å². The number of methoxy groups -OCH3 is 1. The van der Waals surface area contributed by atoms with Gasteiger partial charge in [-0.25, -0.2) is 12.8 Å². The summed E-state index contributed by atoms with van der Waals surface area (Å²) in [5, 5.41) is 2.93. The number of halogens is 1. The minimum atomic E-state index is -3.94. The van der Waals surface area contributed by atoms with Gasteiger partial charge in [0.1, 0.15) is 23.4 Å². The molecule has 0 bridgehead atoms. The average molecular weight is 634 g/mol. The summed E-state index contributed by atoms with van der Waals surface area (Å²) in [5.74, 6) is -0.244. The number of ether oxygens (including phenoxy) is 2. The van der Waals surface area contributed by atoms with Crippen molar-refractivity contribution in [1.82, 2.24) is 10.2 Å². The van der Waals surface area contributed by atoms with Gasteiger partial charge in [-0.05, 0) is 78.2 Å². The maximum absolute atomic E-state index is 13.8. The Morgan fingerprint density at radius 3 is 2.11 bits per heavy atom. The molecule has 0 aromatic heterocycles. The van der Waals surface area contributed by atoms with E-state index in [9.17, 15) is 22.4 Å². The van der Waals surface area contributed by atoms with Crippen LogP contribution < -0.4 is 19.5 Å². The second-order valence-corrected chi connectivity index (χ2v) is 11.9. The minimum absolute atomic E-state index is 0.0397. The highest BCUT2D eigenvalue weighted by atomic mass is 32.2. The summed E-state index contributed by atoms with van der Waals surface area (Å²) in [6, 6.07) is 26.4. The fraction of sp³-hybridized carbons (Fsp3) is 0.235. The van der Waals surface area contributed by atoms with E-state index in [2.05, 4.69) is 10.0 Å². The Bertz CT molecular complexity index is 1650. The highest BCUT2D eigenvalue weighted by Crippen LogP contribution is 2.21. The summed E-state index contributed by atoms with van der Waals surface area (Å²) in [7, 11) is -2.37. The van der Waals surface area contributed by atoms with Gasteiger partial charge < -0.3 is 19.7 Å². The lowest BCUT2D eigenvalue weighted by Gasteiger charge is -2.31. The van der Waals surface area contributed by atoms with Crippen LogP contribution in [0, 0.1) is 5.82 Å². The lowest BCUT2D eigenvalue weighted by Crippen LogP contribution is -2.51. The fourth-order valence-corrected chi connectivity index (χ4v) is 5.58. The van der Waals surface area contributed by atoms with Gasteiger partial charge in [0, 0.05) is 25.2 Å². The number of nitrogens with one attached hydrogen (secondary N) is 2. The Morgan fingerprint density at radius 1 is 0.844 bits per heavy atom. The summed E-state index contributed by atoms with van der Waals surface area (Å²) in [5.41, 5.74) is 1.91. The second kappa shape index (κ2) is 15.7. The molecule has 236 valence electrons. The van der Waals surface area contributed by atoms with Gasteiger partial charge >= 0.3 is 0 Å². The molecule has 0 aliphatic heterocycles. The Hall–Kier alpha value is -4.90. The van der Waals surface area contributed by atoms with Crippen molar-refractivity contribution in [3.8, 4) is 11.5 Å². The van der Waals surface area contributed by atoms with E-state index in [0.717, 1.165) is 29.7 Å². The second-order valence-electron chi connectivity index (χ2n) is 10.2. The van der Waals surface area contributed by atoms with Crippen molar-refractivity contribution >= 4 is 27.5 Å². The number of anilines is 1. The molecule has 0 fully saturated rings. The average Bonchev–Trinajstić information content (AvgIpc) is 3.06. The van der Waals surface area contributed by atoms with Crippen molar-refractivity contribution in [2.24, 2.45) is 0 Å². The van der Waals surface area contributed by atoms with Gasteiger partial charge in [0.15, 0.2) is 6.61 Å². The Labute approximate surface area is 263 Å². The molecule has 0 saturated heterocycles. The van der Waals surface area contributed by atoms with Crippen LogP contribution in [0.15, 0.2) is 108 Å². The number of carbonyl (C=O) groups is 2. The summed E-state index contributed by atoms with van der Waals surface area (Å²) in [6.07, 6.45) is 1.04. The summed E-state index contributed by atoms with van der Waals surface area (Å²) in [4.78, 5) is 28.7. The summed E-state index contributed by atoms with van der Waals surface area (Å²) >= 11 is 0. The largest absolute Gasteiger partial charge is 0.497 e. The van der Waals surface area contributed by atoms with Crippen LogP contribution in [-0.2, 0) is 32.6 Å². The Morgan fingerprint density at radius 2 is 1.49 bits per heavy atom. The monoisotopic (exact) mass is 633 g/mol. The molecule has 0 unspecified atom stereocenters. The van der Waals surface area contributed by atoms with Crippen molar-refractivity contribution in [1.29, 1.82) is 0 Å². The molecule has 4 rings (SSSR count). The van der Waals surface area contributed by atoms with Gasteiger partial charge in [0.05, 0.1) is 12.0 Å². The Balaban J connectivity index is 1.52. The van der Waals surface area contributed by atoms with Gasteiger partial charge in [-0.3, -0.25) is 14.3 Å². The molecule has 4 aromatic carbocycles. The third-order valence-corrected chi connectivity index (χ3v) is 8.32. The lowest BCUT2D eigenvalue weighted by atomic mass is 10.0. The summed E-state index contributed by atoms with van der Waals surface area (Å²) in [6.45, 7) is 2.18. The van der Waals surface area contributed by atoms with E-state index in [4.69, 9.17) is 9.47 Å². The molecule has 11 heteroatoms. The van der Waals surface area contributed by atoms with Crippen LogP contribution in [0.3, 0.4) is 0 Å². The first kappa shape index (κ1) is 33.0. The molecule has 9 nitrogen and oxygen atoms in total. The molecule has 0 spiro atoms. The predicted molar refractivity (Wildman–Crippen MR) is 170 cm³/mol. The quantitative estimate of drug-likeness (QED) is 0.187. The van der Waals surface area contributed by atoms with Crippen LogP contribution in [0.5, 0.6) is 11.5 Å². The minimum Gasteiger partial charge on any atom is -0.497 e. The van der Waals surface area contributed by atoms with Crippen molar-refractivity contribution in [2.45, 2.75) is 37.2 Å². The van der Waals surface area contributed by atoms with Crippen molar-refractivity contribution < 1.29 is 31.9 Å². The smallest absolute Gasteiger partial charge is 0.261 e. The number of carbonyl (C=O) groups excluding carboxylic acids is 2. The number of hydrogen-bond donors (Lipinski definition) is 2. The van der Waals surface area contributed by atoms with Gasteiger partial charge in [-0.15, -0.1) is 0 Å². The van der Waals surface area contributed by atoms with Crippen LogP contribution >= 0.6 is 0 Å². The number of sulfonamides is 1. The SMILES string of the molecule is CCCNC(=O)[C@H](Cc1ccccc1)N(Cc1ccc(OC)cc1)C(=O)COc1ccc(S(=O)(=O)Nc2ccc(F)cc2)cc1. The molecular formula is C34H36FN3O6S. The fourth-order valence-electron chi connectivity index (χ4n) is 4.52. The van der Waals surface area contributed by atoms with E-state index in [0.29, 0.717) is 18.7 Å². The first-order chi connectivity index (χ1) is 21.7. The van der Waals surface area contributed by atoms with E-state index >= 15 is 0 Å². The highest BCUT2D eigenvalue weighted by molar-refractivity contribution is 7.92. The summed E-state index contributed by atoms with van der Waals surface area (Å²) < 4.78 is 52.2. The van der Waals surface area contributed by atoms with Gasteiger partial charge in [0.2, 0.25) is 5.91 Å². The number of nitrogens with zero attached hydrogens (tertiary/aromatic N) is 1. The zero-order valence-electron chi connectivity index (χ0n) is 25.1. The molecule has 0 saturated carbocycles. The molecule has 2 amide bonds. The zero-order chi connectivity index (χ0) is 32.2. The number of rotatable bonds is 15. The van der Waals surface area contributed by atoms with E-state index < -0.39 is 27.8 Å². The number of hydrogen-bond acceptors (Lipinski definition) is 6. The van der Waals surface area contributed by atoms with Crippen LogP contribution in [-0.4, -0.2) is 51.4 Å². The van der Waals surface area contributed by atoms with Crippen LogP contribution in [0.2, 0.25) is 0 Å². The molecule has 0 aliphatic carbocycles. The van der Waals surface area contributed by atoms with Crippen LogP contribution in [0.4, 0.5) is 10.1 Å². The maximum atomic E-state index is 13.8. The standard InChI is InChI=1S/C34H36FN3O6S/c1-3-21-36-34(40)32(22-25-7-5-4-6-8-25)38(23-26-9-15-29(43-2)16-10-26)33(39)24-44-30-17-19-31(20-18-30)45(41,42)37-28-13-11-27(35)12-14-28/h4-20,32,37H,3,21-24H2,1-2H3,(H,36,40)/t32-/m0/s1. The van der Waals surface area contributed by atoms with Crippen LogP contribution in [0.1, 0.15) is 24.5 Å². The molecule has 0 heterocycles. The molecule has 0 radical (unpaired) electrons. The first-order valence-corrected chi connectivity index (χ1v) is 15.9. The highest BCUT2D eigenvalue weighted by Gasteiger charge is 2.30. The molecule has 1 atom stereocenters. The van der Waals surface area contributed by atoms with E-state index in [-0.39, 0.29) is 35.4 Å². The maximum Gasteiger partial charge on any atom is 0.261 e. The molecule has 45 heavy (non-hydrogen) atoms. The van der Waals surface area contributed by atoms with Gasteiger partial charge in [-0.1, -0.05) is 49.4 Å². The Kier molecular flexibility index (Phi) is 11.5. The third kappa shape index (κ3) is 9.54. The van der Waals surface area contributed by atoms with Crippen molar-refractivity contribution in [2.75, 3.05) is 25.0 Å².